The summed E-state index contributed by atoms with van der Waals surface area (Å²) in [6, 6.07) is 3.99. The van der Waals surface area contributed by atoms with Crippen LogP contribution in [0.2, 0.25) is 0 Å². The van der Waals surface area contributed by atoms with Crippen molar-refractivity contribution in [2.75, 3.05) is 13.1 Å². The average Bonchev–Trinajstić information content (AvgIpc) is 2.98. The van der Waals surface area contributed by atoms with Crippen LogP contribution in [0.5, 0.6) is 0 Å². The molecule has 19 heavy (non-hydrogen) atoms. The van der Waals surface area contributed by atoms with Crippen LogP contribution < -0.4 is 5.32 Å². The van der Waals surface area contributed by atoms with Crippen molar-refractivity contribution in [1.29, 1.82) is 0 Å². The molecule has 0 radical (unpaired) electrons. The summed E-state index contributed by atoms with van der Waals surface area (Å²) >= 11 is 0. The minimum Gasteiger partial charge on any atom is -0.339 e. The van der Waals surface area contributed by atoms with Crippen LogP contribution >= 0.6 is 0 Å². The molecular formula is C14H18N4O. The first-order valence-electron chi connectivity index (χ1n) is 6.87. The molecule has 3 heterocycles. The molecule has 1 atom stereocenters. The summed E-state index contributed by atoms with van der Waals surface area (Å²) in [6.45, 7) is 4.11. The Balaban J connectivity index is 1.88. The summed E-state index contributed by atoms with van der Waals surface area (Å²) in [5, 5.41) is 7.46. The van der Waals surface area contributed by atoms with E-state index in [0.29, 0.717) is 11.7 Å². The zero-order chi connectivity index (χ0) is 13.1. The number of aryl methyl sites for hydroxylation is 1. The Morgan fingerprint density at radius 2 is 2.42 bits per heavy atom. The normalized spacial score (nSPS) is 19.5. The fourth-order valence-corrected chi connectivity index (χ4v) is 2.49. The maximum atomic E-state index is 5.42. The van der Waals surface area contributed by atoms with E-state index in [4.69, 9.17) is 4.52 Å². The number of pyridine rings is 1. The van der Waals surface area contributed by atoms with Crippen LogP contribution in [0.1, 0.15) is 37.1 Å². The van der Waals surface area contributed by atoms with Gasteiger partial charge in [0.05, 0.1) is 5.92 Å². The van der Waals surface area contributed by atoms with Gasteiger partial charge in [0.15, 0.2) is 0 Å². The van der Waals surface area contributed by atoms with Gasteiger partial charge in [-0.2, -0.15) is 4.98 Å². The lowest BCUT2D eigenvalue weighted by Crippen LogP contribution is -2.28. The third-order valence-electron chi connectivity index (χ3n) is 3.57. The van der Waals surface area contributed by atoms with Gasteiger partial charge in [-0.25, -0.2) is 0 Å². The molecule has 1 aliphatic heterocycles. The smallest absolute Gasteiger partial charge is 0.231 e. The van der Waals surface area contributed by atoms with Gasteiger partial charge in [0, 0.05) is 12.7 Å². The van der Waals surface area contributed by atoms with E-state index >= 15 is 0 Å². The van der Waals surface area contributed by atoms with Gasteiger partial charge in [-0.05, 0) is 37.4 Å². The Hall–Kier alpha value is -1.75. The molecule has 2 aromatic rings. The van der Waals surface area contributed by atoms with Crippen LogP contribution in [-0.4, -0.2) is 28.2 Å². The van der Waals surface area contributed by atoms with Crippen molar-refractivity contribution >= 4 is 0 Å². The molecule has 0 aliphatic carbocycles. The minimum absolute atomic E-state index is 0.337. The van der Waals surface area contributed by atoms with Crippen LogP contribution in [0, 0.1) is 0 Å². The van der Waals surface area contributed by atoms with E-state index in [2.05, 4.69) is 33.4 Å². The molecule has 5 heteroatoms. The Kier molecular flexibility index (Phi) is 3.55. The van der Waals surface area contributed by atoms with Gasteiger partial charge in [-0.3, -0.25) is 4.98 Å². The highest BCUT2D eigenvalue weighted by Gasteiger charge is 2.22. The fraction of sp³-hybridized carbons (Fsp3) is 0.500. The minimum atomic E-state index is 0.337. The lowest BCUT2D eigenvalue weighted by Gasteiger charge is -2.18. The fourth-order valence-electron chi connectivity index (χ4n) is 2.49. The zero-order valence-electron chi connectivity index (χ0n) is 11.1. The Morgan fingerprint density at radius 1 is 1.47 bits per heavy atom. The van der Waals surface area contributed by atoms with Crippen molar-refractivity contribution in [3.8, 4) is 11.5 Å². The Bertz CT molecular complexity index is 546. The standard InChI is InChI=1S/C14H18N4O/c1-2-10-5-4-8-16-12(10)13-17-14(19-18-13)11-6-3-7-15-9-11/h4-5,8,11,15H,2-3,6-7,9H2,1H3. The van der Waals surface area contributed by atoms with Crippen LogP contribution in [0.15, 0.2) is 22.9 Å². The SMILES string of the molecule is CCc1cccnc1-c1noc(C2CCCNC2)n1. The molecule has 2 aromatic heterocycles. The second-order valence-electron chi connectivity index (χ2n) is 4.86. The molecule has 0 saturated carbocycles. The maximum Gasteiger partial charge on any atom is 0.231 e. The molecule has 1 aliphatic rings. The number of aromatic nitrogens is 3. The number of hydrogen-bond acceptors (Lipinski definition) is 5. The number of piperidine rings is 1. The van der Waals surface area contributed by atoms with Gasteiger partial charge >= 0.3 is 0 Å². The topological polar surface area (TPSA) is 63.8 Å². The third kappa shape index (κ3) is 2.51. The molecule has 1 N–H and O–H groups in total. The molecule has 0 spiro atoms. The van der Waals surface area contributed by atoms with Gasteiger partial charge < -0.3 is 9.84 Å². The highest BCUT2D eigenvalue weighted by atomic mass is 16.5. The quantitative estimate of drug-likeness (QED) is 0.914. The number of rotatable bonds is 3. The van der Waals surface area contributed by atoms with Gasteiger partial charge in [0.1, 0.15) is 5.69 Å². The zero-order valence-corrected chi connectivity index (χ0v) is 11.1. The molecule has 1 saturated heterocycles. The maximum absolute atomic E-state index is 5.42. The first-order chi connectivity index (χ1) is 9.38. The van der Waals surface area contributed by atoms with Crippen molar-refractivity contribution in [2.45, 2.75) is 32.1 Å². The molecule has 0 bridgehead atoms. The van der Waals surface area contributed by atoms with Crippen LogP contribution in [0.4, 0.5) is 0 Å². The van der Waals surface area contributed by atoms with Crippen molar-refractivity contribution in [1.82, 2.24) is 20.4 Å². The van der Waals surface area contributed by atoms with E-state index in [-0.39, 0.29) is 0 Å². The molecular weight excluding hydrogens is 240 g/mol. The lowest BCUT2D eigenvalue weighted by atomic mass is 10.00. The largest absolute Gasteiger partial charge is 0.339 e. The molecule has 5 nitrogen and oxygen atoms in total. The molecule has 1 fully saturated rings. The molecule has 3 rings (SSSR count). The second-order valence-corrected chi connectivity index (χ2v) is 4.86. The van der Waals surface area contributed by atoms with E-state index in [1.54, 1.807) is 6.20 Å². The van der Waals surface area contributed by atoms with Crippen LogP contribution in [0.25, 0.3) is 11.5 Å². The predicted octanol–water partition coefficient (Wildman–Crippen LogP) is 2.16. The van der Waals surface area contributed by atoms with Crippen molar-refractivity contribution in [3.63, 3.8) is 0 Å². The first kappa shape index (κ1) is 12.3. The molecule has 0 aromatic carbocycles. The van der Waals surface area contributed by atoms with Gasteiger partial charge in [0.2, 0.25) is 11.7 Å². The summed E-state index contributed by atoms with van der Waals surface area (Å²) in [5.74, 6) is 1.68. The summed E-state index contributed by atoms with van der Waals surface area (Å²) in [6.07, 6.45) is 4.95. The van der Waals surface area contributed by atoms with Gasteiger partial charge in [-0.1, -0.05) is 18.1 Å². The molecule has 1 unspecified atom stereocenters. The lowest BCUT2D eigenvalue weighted by molar-refractivity contribution is 0.322. The summed E-state index contributed by atoms with van der Waals surface area (Å²) in [4.78, 5) is 8.91. The highest BCUT2D eigenvalue weighted by molar-refractivity contribution is 5.53. The van der Waals surface area contributed by atoms with E-state index < -0.39 is 0 Å². The molecule has 0 amide bonds. The predicted molar refractivity (Wildman–Crippen MR) is 71.8 cm³/mol. The van der Waals surface area contributed by atoms with Crippen LogP contribution in [0.3, 0.4) is 0 Å². The van der Waals surface area contributed by atoms with Gasteiger partial charge in [-0.15, -0.1) is 0 Å². The average molecular weight is 258 g/mol. The Morgan fingerprint density at radius 3 is 3.21 bits per heavy atom. The third-order valence-corrected chi connectivity index (χ3v) is 3.57. The summed E-state index contributed by atoms with van der Waals surface area (Å²) in [5.41, 5.74) is 1.99. The van der Waals surface area contributed by atoms with E-state index in [1.165, 1.54) is 0 Å². The monoisotopic (exact) mass is 258 g/mol. The van der Waals surface area contributed by atoms with E-state index in [0.717, 1.165) is 49.5 Å². The van der Waals surface area contributed by atoms with Crippen LogP contribution in [-0.2, 0) is 6.42 Å². The van der Waals surface area contributed by atoms with Gasteiger partial charge in [0.25, 0.3) is 0 Å². The summed E-state index contributed by atoms with van der Waals surface area (Å²) < 4.78 is 5.42. The van der Waals surface area contributed by atoms with E-state index in [1.807, 2.05) is 6.07 Å². The first-order valence-corrected chi connectivity index (χ1v) is 6.87. The second kappa shape index (κ2) is 5.48. The number of hydrogen-bond donors (Lipinski definition) is 1. The summed E-state index contributed by atoms with van der Waals surface area (Å²) in [7, 11) is 0. The molecule has 100 valence electrons. The van der Waals surface area contributed by atoms with Crippen molar-refractivity contribution in [2.24, 2.45) is 0 Å². The van der Waals surface area contributed by atoms with Crippen molar-refractivity contribution in [3.05, 3.63) is 29.8 Å². The Labute approximate surface area is 112 Å². The number of nitrogens with zero attached hydrogens (tertiary/aromatic N) is 3. The number of nitrogens with one attached hydrogen (secondary N) is 1. The highest BCUT2D eigenvalue weighted by Crippen LogP contribution is 2.25. The van der Waals surface area contributed by atoms with E-state index in [9.17, 15) is 0 Å². The van der Waals surface area contributed by atoms with Crippen molar-refractivity contribution < 1.29 is 4.52 Å².